The molecule has 0 aromatic carbocycles. The van der Waals surface area contributed by atoms with Crippen molar-refractivity contribution >= 4 is 0 Å². The van der Waals surface area contributed by atoms with Gasteiger partial charge in [-0.05, 0) is 37.4 Å². The molecule has 3 nitrogen and oxygen atoms in total. The highest BCUT2D eigenvalue weighted by Crippen LogP contribution is 2.18. The fourth-order valence-corrected chi connectivity index (χ4v) is 1.95. The molecule has 0 bridgehead atoms. The maximum absolute atomic E-state index is 11.6. The fourth-order valence-electron chi connectivity index (χ4n) is 1.95. The zero-order valence-electron chi connectivity index (χ0n) is 8.52. The average molecular weight is 192 g/mol. The summed E-state index contributed by atoms with van der Waals surface area (Å²) in [4.78, 5) is 14.6. The normalized spacial score (nSPS) is 14.4. The highest BCUT2D eigenvalue weighted by molar-refractivity contribution is 5.28. The molecule has 3 heteroatoms. The van der Waals surface area contributed by atoms with Crippen LogP contribution >= 0.6 is 0 Å². The summed E-state index contributed by atoms with van der Waals surface area (Å²) in [7, 11) is 0. The van der Waals surface area contributed by atoms with Gasteiger partial charge in [-0.2, -0.15) is 0 Å². The average Bonchev–Trinajstić information content (AvgIpc) is 2.61. The fraction of sp³-hybridized carbons (Fsp3) is 0.545. The molecule has 2 rings (SSSR count). The van der Waals surface area contributed by atoms with Crippen LogP contribution in [0.25, 0.3) is 0 Å². The van der Waals surface area contributed by atoms with Crippen LogP contribution in [0.3, 0.4) is 0 Å². The van der Waals surface area contributed by atoms with Crippen molar-refractivity contribution < 1.29 is 0 Å². The minimum atomic E-state index is 0.0756. The number of pyridine rings is 1. The van der Waals surface area contributed by atoms with Gasteiger partial charge in [-0.15, -0.1) is 0 Å². The summed E-state index contributed by atoms with van der Waals surface area (Å²) in [6.07, 6.45) is 3.33. The number of aromatic amines is 1. The van der Waals surface area contributed by atoms with Crippen molar-refractivity contribution in [2.75, 3.05) is 6.54 Å². The Kier molecular flexibility index (Phi) is 2.68. The maximum Gasteiger partial charge on any atom is 0.252 e. The van der Waals surface area contributed by atoms with Crippen molar-refractivity contribution in [2.45, 2.75) is 32.7 Å². The third kappa shape index (κ3) is 1.73. The molecule has 14 heavy (non-hydrogen) atoms. The predicted octanol–water partition coefficient (Wildman–Crippen LogP) is 0.973. The summed E-state index contributed by atoms with van der Waals surface area (Å²) >= 11 is 0. The number of aryl methyl sites for hydroxylation is 2. The summed E-state index contributed by atoms with van der Waals surface area (Å²) in [5, 5.41) is 3.18. The van der Waals surface area contributed by atoms with Crippen molar-refractivity contribution in [2.24, 2.45) is 0 Å². The van der Waals surface area contributed by atoms with Crippen LogP contribution in [0.2, 0.25) is 0 Å². The van der Waals surface area contributed by atoms with Crippen LogP contribution in [0.1, 0.15) is 30.2 Å². The number of hydrogen-bond acceptors (Lipinski definition) is 2. The van der Waals surface area contributed by atoms with Gasteiger partial charge in [0.05, 0.1) is 0 Å². The summed E-state index contributed by atoms with van der Waals surface area (Å²) in [5.41, 5.74) is 3.42. The van der Waals surface area contributed by atoms with E-state index in [-0.39, 0.29) is 5.56 Å². The number of hydrogen-bond donors (Lipinski definition) is 2. The van der Waals surface area contributed by atoms with E-state index in [0.29, 0.717) is 6.54 Å². The highest BCUT2D eigenvalue weighted by atomic mass is 16.1. The van der Waals surface area contributed by atoms with Crippen LogP contribution in [0.4, 0.5) is 0 Å². The van der Waals surface area contributed by atoms with Crippen molar-refractivity contribution in [1.29, 1.82) is 0 Å². The van der Waals surface area contributed by atoms with Crippen molar-refractivity contribution in [3.05, 3.63) is 33.2 Å². The van der Waals surface area contributed by atoms with Crippen molar-refractivity contribution in [3.63, 3.8) is 0 Å². The Labute approximate surface area is 83.5 Å². The standard InChI is InChI=1S/C11H16N2O/c1-2-12-7-9-6-8-4-3-5-10(8)13-11(9)14/h6,12H,2-5,7H2,1H3,(H,13,14). The van der Waals surface area contributed by atoms with E-state index in [0.717, 1.165) is 30.6 Å². The second-order valence-electron chi connectivity index (χ2n) is 3.76. The van der Waals surface area contributed by atoms with E-state index >= 15 is 0 Å². The lowest BCUT2D eigenvalue weighted by atomic mass is 10.1. The molecule has 0 spiro atoms. The first-order valence-electron chi connectivity index (χ1n) is 5.26. The smallest absolute Gasteiger partial charge is 0.252 e. The molecule has 2 N–H and O–H groups in total. The molecule has 1 heterocycles. The van der Waals surface area contributed by atoms with Gasteiger partial charge in [-0.3, -0.25) is 4.79 Å². The molecule has 0 atom stereocenters. The Balaban J connectivity index is 2.28. The van der Waals surface area contributed by atoms with Gasteiger partial charge in [-0.25, -0.2) is 0 Å². The van der Waals surface area contributed by atoms with Crippen LogP contribution in [0.5, 0.6) is 0 Å². The Hall–Kier alpha value is -1.09. The lowest BCUT2D eigenvalue weighted by Crippen LogP contribution is -2.21. The second-order valence-corrected chi connectivity index (χ2v) is 3.76. The van der Waals surface area contributed by atoms with E-state index in [4.69, 9.17) is 0 Å². The van der Waals surface area contributed by atoms with Crippen LogP contribution in [-0.2, 0) is 19.4 Å². The molecular formula is C11H16N2O. The lowest BCUT2D eigenvalue weighted by Gasteiger charge is -2.04. The summed E-state index contributed by atoms with van der Waals surface area (Å²) in [6.45, 7) is 3.62. The lowest BCUT2D eigenvalue weighted by molar-refractivity contribution is 0.718. The van der Waals surface area contributed by atoms with Gasteiger partial charge in [0.1, 0.15) is 0 Å². The van der Waals surface area contributed by atoms with Gasteiger partial charge in [0.15, 0.2) is 0 Å². The molecule has 0 unspecified atom stereocenters. The van der Waals surface area contributed by atoms with Crippen LogP contribution in [0, 0.1) is 0 Å². The minimum Gasteiger partial charge on any atom is -0.326 e. The Morgan fingerprint density at radius 1 is 1.50 bits per heavy atom. The van der Waals surface area contributed by atoms with Gasteiger partial charge in [0.25, 0.3) is 5.56 Å². The molecule has 1 aromatic rings. The van der Waals surface area contributed by atoms with Gasteiger partial charge in [0.2, 0.25) is 0 Å². The molecule has 1 aliphatic carbocycles. The number of aromatic nitrogens is 1. The first-order valence-corrected chi connectivity index (χ1v) is 5.26. The topological polar surface area (TPSA) is 44.9 Å². The van der Waals surface area contributed by atoms with E-state index in [1.165, 1.54) is 12.0 Å². The van der Waals surface area contributed by atoms with E-state index < -0.39 is 0 Å². The van der Waals surface area contributed by atoms with Crippen LogP contribution < -0.4 is 10.9 Å². The van der Waals surface area contributed by atoms with Crippen molar-refractivity contribution in [3.8, 4) is 0 Å². The quantitative estimate of drug-likeness (QED) is 0.749. The highest BCUT2D eigenvalue weighted by Gasteiger charge is 2.13. The summed E-state index contributed by atoms with van der Waals surface area (Å²) < 4.78 is 0. The molecule has 0 saturated carbocycles. The first kappa shape index (κ1) is 9.46. The molecule has 0 radical (unpaired) electrons. The molecule has 76 valence electrons. The maximum atomic E-state index is 11.6. The first-order chi connectivity index (χ1) is 6.81. The number of H-pyrrole nitrogens is 1. The second kappa shape index (κ2) is 3.96. The van der Waals surface area contributed by atoms with Gasteiger partial charge < -0.3 is 10.3 Å². The number of rotatable bonds is 3. The SMILES string of the molecule is CCNCc1cc2c([nH]c1=O)CCC2. The molecule has 1 aromatic heterocycles. The van der Waals surface area contributed by atoms with Crippen LogP contribution in [0.15, 0.2) is 10.9 Å². The third-order valence-corrected chi connectivity index (χ3v) is 2.73. The number of nitrogens with one attached hydrogen (secondary N) is 2. The molecular weight excluding hydrogens is 176 g/mol. The predicted molar refractivity (Wildman–Crippen MR) is 56.5 cm³/mol. The summed E-state index contributed by atoms with van der Waals surface area (Å²) in [5.74, 6) is 0. The van der Waals surface area contributed by atoms with Gasteiger partial charge >= 0.3 is 0 Å². The van der Waals surface area contributed by atoms with Crippen molar-refractivity contribution in [1.82, 2.24) is 10.3 Å². The molecule has 0 fully saturated rings. The molecule has 1 aliphatic rings. The van der Waals surface area contributed by atoms with E-state index in [2.05, 4.69) is 16.4 Å². The molecule has 0 aliphatic heterocycles. The van der Waals surface area contributed by atoms with E-state index in [9.17, 15) is 4.79 Å². The molecule has 0 saturated heterocycles. The zero-order chi connectivity index (χ0) is 9.97. The van der Waals surface area contributed by atoms with E-state index in [1.807, 2.05) is 6.92 Å². The van der Waals surface area contributed by atoms with Gasteiger partial charge in [0, 0.05) is 17.8 Å². The zero-order valence-corrected chi connectivity index (χ0v) is 8.52. The largest absolute Gasteiger partial charge is 0.326 e. The Morgan fingerprint density at radius 2 is 2.36 bits per heavy atom. The summed E-state index contributed by atoms with van der Waals surface area (Å²) in [6, 6.07) is 2.06. The number of fused-ring (bicyclic) bond motifs is 1. The van der Waals surface area contributed by atoms with E-state index in [1.54, 1.807) is 0 Å². The Morgan fingerprint density at radius 3 is 3.14 bits per heavy atom. The minimum absolute atomic E-state index is 0.0756. The van der Waals surface area contributed by atoms with Gasteiger partial charge in [-0.1, -0.05) is 6.92 Å². The molecule has 0 amide bonds. The monoisotopic (exact) mass is 192 g/mol. The van der Waals surface area contributed by atoms with Crippen LogP contribution in [-0.4, -0.2) is 11.5 Å². The Bertz CT molecular complexity index is 381. The third-order valence-electron chi connectivity index (χ3n) is 2.73.